The van der Waals surface area contributed by atoms with Crippen molar-refractivity contribution in [3.05, 3.63) is 86.8 Å². The smallest absolute Gasteiger partial charge is 0.335 e. The number of rotatable bonds is 8. The van der Waals surface area contributed by atoms with Gasteiger partial charge in [-0.25, -0.2) is 9.18 Å². The normalized spacial score (nSPS) is 14.1. The predicted molar refractivity (Wildman–Crippen MR) is 156 cm³/mol. The number of nitrogens with one attached hydrogen (secondary N) is 2. The van der Waals surface area contributed by atoms with Crippen molar-refractivity contribution in [1.82, 2.24) is 5.32 Å². The molecule has 1 saturated heterocycles. The van der Waals surface area contributed by atoms with Crippen LogP contribution >= 0.6 is 34.8 Å². The third-order valence-corrected chi connectivity index (χ3v) is 6.58. The number of thiocarbonyl (C=S) groups is 1. The highest BCUT2D eigenvalue weighted by Crippen LogP contribution is 2.35. The van der Waals surface area contributed by atoms with Gasteiger partial charge in [0, 0.05) is 5.69 Å². The van der Waals surface area contributed by atoms with Crippen LogP contribution in [0, 0.1) is 9.39 Å². The maximum atomic E-state index is 13.3. The molecule has 1 heterocycles. The van der Waals surface area contributed by atoms with E-state index in [0.717, 1.165) is 4.90 Å². The molecule has 204 valence electrons. The van der Waals surface area contributed by atoms with Gasteiger partial charge < -0.3 is 19.9 Å². The van der Waals surface area contributed by atoms with Crippen LogP contribution in [-0.2, 0) is 14.4 Å². The van der Waals surface area contributed by atoms with E-state index in [-0.39, 0.29) is 40.0 Å². The zero-order valence-corrected chi connectivity index (χ0v) is 23.5. The first-order valence-electron chi connectivity index (χ1n) is 11.4. The zero-order valence-electron chi connectivity index (χ0n) is 20.6. The van der Waals surface area contributed by atoms with Gasteiger partial charge >= 0.3 is 5.97 Å². The van der Waals surface area contributed by atoms with Gasteiger partial charge in [-0.2, -0.15) is 0 Å². The van der Waals surface area contributed by atoms with Crippen molar-refractivity contribution in [2.45, 2.75) is 0 Å². The van der Waals surface area contributed by atoms with Gasteiger partial charge in [-0.3, -0.25) is 24.6 Å². The summed E-state index contributed by atoms with van der Waals surface area (Å²) < 4.78 is 24.7. The fourth-order valence-corrected chi connectivity index (χ4v) is 4.73. The van der Waals surface area contributed by atoms with Gasteiger partial charge in [0.15, 0.2) is 23.2 Å². The number of carboxylic acid groups (broad SMARTS) is 1. The van der Waals surface area contributed by atoms with Gasteiger partial charge in [0.2, 0.25) is 0 Å². The van der Waals surface area contributed by atoms with Gasteiger partial charge in [-0.05, 0) is 101 Å². The molecule has 1 aliphatic rings. The van der Waals surface area contributed by atoms with Crippen LogP contribution in [-0.4, -0.2) is 47.6 Å². The van der Waals surface area contributed by atoms with Gasteiger partial charge in [-0.15, -0.1) is 0 Å². The molecule has 0 atom stereocenters. The Morgan fingerprint density at radius 3 is 2.55 bits per heavy atom. The summed E-state index contributed by atoms with van der Waals surface area (Å²) >= 11 is 7.14. The molecule has 3 N–H and O–H groups in total. The first kappa shape index (κ1) is 28.6. The molecule has 4 rings (SSSR count). The van der Waals surface area contributed by atoms with Crippen molar-refractivity contribution in [1.29, 1.82) is 0 Å². The molecule has 40 heavy (non-hydrogen) atoms. The van der Waals surface area contributed by atoms with E-state index in [9.17, 15) is 28.7 Å². The number of carbonyl (C=O) groups is 4. The summed E-state index contributed by atoms with van der Waals surface area (Å²) in [6.07, 6.45) is 1.34. The van der Waals surface area contributed by atoms with Crippen LogP contribution in [0.25, 0.3) is 6.08 Å². The monoisotopic (exact) mass is 675 g/mol. The van der Waals surface area contributed by atoms with E-state index in [0.29, 0.717) is 14.8 Å². The molecule has 3 aromatic carbocycles. The van der Waals surface area contributed by atoms with Crippen LogP contribution in [0.5, 0.6) is 11.5 Å². The first-order chi connectivity index (χ1) is 19.1. The van der Waals surface area contributed by atoms with Crippen LogP contribution < -0.4 is 25.0 Å². The lowest BCUT2D eigenvalue weighted by Crippen LogP contribution is -2.54. The Kier molecular flexibility index (Phi) is 8.74. The molecular weight excluding hydrogens is 656 g/mol. The summed E-state index contributed by atoms with van der Waals surface area (Å²) in [5.41, 5.74) is 0.680. The summed E-state index contributed by atoms with van der Waals surface area (Å²) in [4.78, 5) is 50.7. The molecule has 1 fully saturated rings. The lowest BCUT2D eigenvalue weighted by molar-refractivity contribution is -0.122. The van der Waals surface area contributed by atoms with Crippen molar-refractivity contribution < 1.29 is 38.1 Å². The lowest BCUT2D eigenvalue weighted by Gasteiger charge is -2.29. The Morgan fingerprint density at radius 1 is 1.15 bits per heavy atom. The van der Waals surface area contributed by atoms with E-state index in [1.165, 1.54) is 67.8 Å². The molecule has 1 aliphatic heterocycles. The maximum Gasteiger partial charge on any atom is 0.335 e. The number of ether oxygens (including phenoxy) is 2. The Balaban J connectivity index is 1.57. The molecule has 0 saturated carbocycles. The third-order valence-electron chi connectivity index (χ3n) is 5.49. The number of hydrogen-bond donors (Lipinski definition) is 3. The molecule has 0 radical (unpaired) electrons. The molecule has 0 spiro atoms. The Morgan fingerprint density at radius 2 is 1.88 bits per heavy atom. The fraction of sp³-hybridized carbons (Fsp3) is 0.0741. The van der Waals surface area contributed by atoms with Crippen LogP contribution in [0.15, 0.2) is 66.2 Å². The molecule has 3 amide bonds. The number of nitrogens with zero attached hydrogens (tertiary/aromatic N) is 1. The highest BCUT2D eigenvalue weighted by Gasteiger charge is 2.35. The van der Waals surface area contributed by atoms with Crippen molar-refractivity contribution >= 4 is 81.1 Å². The molecule has 13 heteroatoms. The Labute approximate surface area is 245 Å². The van der Waals surface area contributed by atoms with E-state index in [4.69, 9.17) is 21.7 Å². The fourth-order valence-electron chi connectivity index (χ4n) is 3.67. The van der Waals surface area contributed by atoms with E-state index >= 15 is 0 Å². The minimum absolute atomic E-state index is 0.0586. The highest BCUT2D eigenvalue weighted by atomic mass is 127. The van der Waals surface area contributed by atoms with E-state index < -0.39 is 29.5 Å². The van der Waals surface area contributed by atoms with Crippen molar-refractivity contribution in [2.24, 2.45) is 0 Å². The number of methoxy groups -OCH3 is 1. The number of carbonyl (C=O) groups excluding carboxylic acids is 3. The van der Waals surface area contributed by atoms with Crippen molar-refractivity contribution in [2.75, 3.05) is 23.9 Å². The largest absolute Gasteiger partial charge is 0.493 e. The van der Waals surface area contributed by atoms with Gasteiger partial charge in [0.1, 0.15) is 11.4 Å². The Hall–Kier alpha value is -4.37. The summed E-state index contributed by atoms with van der Waals surface area (Å²) in [6, 6.07) is 14.0. The number of carboxylic acids is 1. The standard InChI is InChI=1S/C27H19FIN3O7S/c1-38-21-11-14(10-20(29)23(21)39-13-22(33)30-17-7-5-16(28)6-8-17)9-19-24(34)31-27(40)32(25(19)35)18-4-2-3-15(12-18)26(36)37/h2-12H,13H2,1H3,(H,30,33)(H,36,37)(H,31,34,40). The average molecular weight is 675 g/mol. The van der Waals surface area contributed by atoms with E-state index in [1.807, 2.05) is 22.6 Å². The van der Waals surface area contributed by atoms with Crippen LogP contribution in [0.3, 0.4) is 0 Å². The molecule has 0 bridgehead atoms. The minimum atomic E-state index is -1.19. The molecular formula is C27H19FIN3O7S. The lowest BCUT2D eigenvalue weighted by atomic mass is 10.1. The van der Waals surface area contributed by atoms with Gasteiger partial charge in [0.25, 0.3) is 17.7 Å². The quantitative estimate of drug-likeness (QED) is 0.141. The van der Waals surface area contributed by atoms with Gasteiger partial charge in [0.05, 0.1) is 21.9 Å². The molecule has 0 unspecified atom stereocenters. The van der Waals surface area contributed by atoms with Crippen LogP contribution in [0.4, 0.5) is 15.8 Å². The number of hydrogen-bond acceptors (Lipinski definition) is 7. The summed E-state index contributed by atoms with van der Waals surface area (Å²) in [5.74, 6) is -3.09. The number of aromatic carboxylic acids is 1. The van der Waals surface area contributed by atoms with E-state index in [1.54, 1.807) is 6.07 Å². The molecule has 3 aromatic rings. The van der Waals surface area contributed by atoms with Crippen LogP contribution in [0.1, 0.15) is 15.9 Å². The SMILES string of the molecule is COc1cc(C=C2C(=O)NC(=S)N(c3cccc(C(=O)O)c3)C2=O)cc(I)c1OCC(=O)Nc1ccc(F)cc1. The second kappa shape index (κ2) is 12.2. The summed E-state index contributed by atoms with van der Waals surface area (Å²) in [6.45, 7) is -0.368. The third kappa shape index (κ3) is 6.43. The van der Waals surface area contributed by atoms with E-state index in [2.05, 4.69) is 10.6 Å². The summed E-state index contributed by atoms with van der Waals surface area (Å²) in [5, 5.41) is 14.1. The number of anilines is 2. The summed E-state index contributed by atoms with van der Waals surface area (Å²) in [7, 11) is 1.39. The molecule has 0 aromatic heterocycles. The Bertz CT molecular complexity index is 1580. The number of benzene rings is 3. The second-order valence-corrected chi connectivity index (χ2v) is 9.74. The molecule has 10 nitrogen and oxygen atoms in total. The average Bonchev–Trinajstić information content (AvgIpc) is 2.91. The number of amides is 3. The molecule has 0 aliphatic carbocycles. The maximum absolute atomic E-state index is 13.3. The first-order valence-corrected chi connectivity index (χ1v) is 12.9. The second-order valence-electron chi connectivity index (χ2n) is 8.19. The minimum Gasteiger partial charge on any atom is -0.493 e. The van der Waals surface area contributed by atoms with Crippen molar-refractivity contribution in [3.63, 3.8) is 0 Å². The van der Waals surface area contributed by atoms with Crippen LogP contribution in [0.2, 0.25) is 0 Å². The van der Waals surface area contributed by atoms with Crippen molar-refractivity contribution in [3.8, 4) is 11.5 Å². The number of halogens is 2. The highest BCUT2D eigenvalue weighted by molar-refractivity contribution is 14.1. The predicted octanol–water partition coefficient (Wildman–Crippen LogP) is 3.99. The topological polar surface area (TPSA) is 134 Å². The van der Waals surface area contributed by atoms with Gasteiger partial charge in [-0.1, -0.05) is 6.07 Å². The zero-order chi connectivity index (χ0) is 29.0.